The molecule has 3 N–H and O–H groups in total. The Morgan fingerprint density at radius 3 is 2.45 bits per heavy atom. The van der Waals surface area contributed by atoms with Gasteiger partial charge in [-0.05, 0) is 61.4 Å². The SMILES string of the molecule is O=C(Nc1ccc(C2CCC(C(=O)O)CC2)cc1F)c1nnc(Nc2ccccc2)o1. The predicted octanol–water partition coefficient (Wildman–Crippen LogP) is 4.56. The fourth-order valence-corrected chi connectivity index (χ4v) is 3.75. The number of nitrogens with one attached hydrogen (secondary N) is 2. The highest BCUT2D eigenvalue weighted by Crippen LogP contribution is 2.36. The van der Waals surface area contributed by atoms with Crippen LogP contribution in [0.4, 0.5) is 21.8 Å². The minimum absolute atomic E-state index is 0.00346. The van der Waals surface area contributed by atoms with Gasteiger partial charge in [-0.3, -0.25) is 9.59 Å². The molecule has 1 amide bonds. The van der Waals surface area contributed by atoms with E-state index in [9.17, 15) is 14.0 Å². The van der Waals surface area contributed by atoms with Gasteiger partial charge in [-0.25, -0.2) is 4.39 Å². The molecule has 1 aliphatic rings. The van der Waals surface area contributed by atoms with E-state index in [1.807, 2.05) is 18.2 Å². The van der Waals surface area contributed by atoms with Crippen molar-refractivity contribution in [3.05, 3.63) is 65.8 Å². The minimum Gasteiger partial charge on any atom is -0.481 e. The van der Waals surface area contributed by atoms with Crippen LogP contribution in [0.15, 0.2) is 52.9 Å². The third-order valence-electron chi connectivity index (χ3n) is 5.43. The van der Waals surface area contributed by atoms with E-state index in [0.717, 1.165) is 11.3 Å². The highest BCUT2D eigenvalue weighted by atomic mass is 19.1. The van der Waals surface area contributed by atoms with Gasteiger partial charge >= 0.3 is 23.8 Å². The van der Waals surface area contributed by atoms with Crippen LogP contribution >= 0.6 is 0 Å². The maximum absolute atomic E-state index is 14.6. The second-order valence-corrected chi connectivity index (χ2v) is 7.48. The summed E-state index contributed by atoms with van der Waals surface area (Å²) in [5.41, 5.74) is 1.52. The zero-order valence-corrected chi connectivity index (χ0v) is 16.5. The van der Waals surface area contributed by atoms with Crippen LogP contribution in [0.5, 0.6) is 0 Å². The van der Waals surface area contributed by atoms with Gasteiger partial charge in [0.25, 0.3) is 0 Å². The van der Waals surface area contributed by atoms with Gasteiger partial charge < -0.3 is 20.2 Å². The number of carbonyl (C=O) groups excluding carboxylic acids is 1. The monoisotopic (exact) mass is 424 g/mol. The van der Waals surface area contributed by atoms with Crippen LogP contribution in [0, 0.1) is 11.7 Å². The Labute approximate surface area is 177 Å². The third kappa shape index (κ3) is 4.88. The molecule has 2 aromatic carbocycles. The van der Waals surface area contributed by atoms with E-state index in [1.165, 1.54) is 12.1 Å². The fraction of sp³-hybridized carbons (Fsp3) is 0.273. The lowest BCUT2D eigenvalue weighted by Crippen LogP contribution is -2.20. The molecule has 0 aliphatic heterocycles. The van der Waals surface area contributed by atoms with Crippen molar-refractivity contribution in [3.63, 3.8) is 0 Å². The summed E-state index contributed by atoms with van der Waals surface area (Å²) in [4.78, 5) is 23.4. The number of hydrogen-bond acceptors (Lipinski definition) is 6. The van der Waals surface area contributed by atoms with Crippen molar-refractivity contribution >= 4 is 29.3 Å². The zero-order valence-electron chi connectivity index (χ0n) is 16.5. The number of carbonyl (C=O) groups is 2. The molecule has 0 bridgehead atoms. The molecule has 1 aliphatic carbocycles. The summed E-state index contributed by atoms with van der Waals surface area (Å²) >= 11 is 0. The summed E-state index contributed by atoms with van der Waals surface area (Å²) in [7, 11) is 0. The Kier molecular flexibility index (Phi) is 5.92. The number of halogens is 1. The molecule has 4 rings (SSSR count). The lowest BCUT2D eigenvalue weighted by Gasteiger charge is -2.26. The van der Waals surface area contributed by atoms with E-state index >= 15 is 0 Å². The van der Waals surface area contributed by atoms with Gasteiger partial charge in [-0.1, -0.05) is 29.4 Å². The van der Waals surface area contributed by atoms with E-state index in [0.29, 0.717) is 25.7 Å². The number of aromatic nitrogens is 2. The first-order valence-electron chi connectivity index (χ1n) is 9.99. The number of hydrogen-bond donors (Lipinski definition) is 3. The number of carboxylic acid groups (broad SMARTS) is 1. The Bertz CT molecular complexity index is 1080. The maximum Gasteiger partial charge on any atom is 0.320 e. The zero-order chi connectivity index (χ0) is 21.8. The molecule has 0 saturated heterocycles. The molecule has 1 aromatic heterocycles. The lowest BCUT2D eigenvalue weighted by molar-refractivity contribution is -0.142. The van der Waals surface area contributed by atoms with Gasteiger partial charge in [0.1, 0.15) is 5.82 Å². The summed E-state index contributed by atoms with van der Waals surface area (Å²) < 4.78 is 19.9. The normalized spacial score (nSPS) is 18.4. The van der Waals surface area contributed by atoms with Crippen LogP contribution in [0.25, 0.3) is 0 Å². The molecule has 1 fully saturated rings. The van der Waals surface area contributed by atoms with E-state index in [-0.39, 0.29) is 29.4 Å². The molecule has 1 heterocycles. The molecule has 8 nitrogen and oxygen atoms in total. The smallest absolute Gasteiger partial charge is 0.320 e. The molecule has 0 unspecified atom stereocenters. The number of amides is 1. The summed E-state index contributed by atoms with van der Waals surface area (Å²) in [6.45, 7) is 0. The molecule has 3 aromatic rings. The minimum atomic E-state index is -0.772. The number of benzene rings is 2. The standard InChI is InChI=1S/C22H21FN4O4/c23-17-12-15(13-6-8-14(9-7-13)21(29)30)10-11-18(17)25-19(28)20-26-27-22(31-20)24-16-4-2-1-3-5-16/h1-5,10-14H,6-9H2,(H,24,27)(H,25,28)(H,29,30). The molecule has 160 valence electrons. The lowest BCUT2D eigenvalue weighted by atomic mass is 9.79. The second kappa shape index (κ2) is 8.95. The molecular formula is C22H21FN4O4. The van der Waals surface area contributed by atoms with E-state index in [2.05, 4.69) is 20.8 Å². The van der Waals surface area contributed by atoms with Gasteiger partial charge in [0.15, 0.2) is 0 Å². The van der Waals surface area contributed by atoms with Gasteiger partial charge in [0, 0.05) is 5.69 Å². The molecule has 31 heavy (non-hydrogen) atoms. The first kappa shape index (κ1) is 20.5. The van der Waals surface area contributed by atoms with Crippen LogP contribution in [0.1, 0.15) is 47.8 Å². The molecular weight excluding hydrogens is 403 g/mol. The van der Waals surface area contributed by atoms with Crippen molar-refractivity contribution in [2.75, 3.05) is 10.6 Å². The van der Waals surface area contributed by atoms with Crippen LogP contribution in [-0.4, -0.2) is 27.2 Å². The number of para-hydroxylation sites is 1. The molecule has 0 spiro atoms. The maximum atomic E-state index is 14.6. The van der Waals surface area contributed by atoms with E-state index in [1.54, 1.807) is 18.2 Å². The van der Waals surface area contributed by atoms with Crippen molar-refractivity contribution in [2.45, 2.75) is 31.6 Å². The average molecular weight is 424 g/mol. The van der Waals surface area contributed by atoms with Gasteiger partial charge in [0.2, 0.25) is 0 Å². The van der Waals surface area contributed by atoms with Crippen molar-refractivity contribution in [1.29, 1.82) is 0 Å². The third-order valence-corrected chi connectivity index (χ3v) is 5.43. The van der Waals surface area contributed by atoms with E-state index in [4.69, 9.17) is 9.52 Å². The van der Waals surface area contributed by atoms with Crippen LogP contribution in [0.3, 0.4) is 0 Å². The number of rotatable bonds is 6. The number of nitrogens with zero attached hydrogens (tertiary/aromatic N) is 2. The van der Waals surface area contributed by atoms with Gasteiger partial charge in [-0.2, -0.15) is 0 Å². The van der Waals surface area contributed by atoms with Crippen molar-refractivity contribution in [1.82, 2.24) is 10.2 Å². The Hall–Kier alpha value is -3.75. The Morgan fingerprint density at radius 2 is 1.77 bits per heavy atom. The van der Waals surface area contributed by atoms with Crippen molar-refractivity contribution in [2.24, 2.45) is 5.92 Å². The quantitative estimate of drug-likeness (QED) is 0.531. The topological polar surface area (TPSA) is 117 Å². The number of carboxylic acids is 1. The molecule has 0 atom stereocenters. The highest BCUT2D eigenvalue weighted by Gasteiger charge is 2.27. The summed E-state index contributed by atoms with van der Waals surface area (Å²) in [6.07, 6.45) is 2.55. The summed E-state index contributed by atoms with van der Waals surface area (Å²) in [5.74, 6) is -2.58. The predicted molar refractivity (Wildman–Crippen MR) is 111 cm³/mol. The summed E-state index contributed by atoms with van der Waals surface area (Å²) in [5, 5.41) is 21.9. The van der Waals surface area contributed by atoms with Crippen LogP contribution in [-0.2, 0) is 4.79 Å². The Balaban J connectivity index is 1.38. The van der Waals surface area contributed by atoms with Crippen molar-refractivity contribution in [3.8, 4) is 0 Å². The van der Waals surface area contributed by atoms with Crippen LogP contribution in [0.2, 0.25) is 0 Å². The number of aliphatic carboxylic acids is 1. The first-order chi connectivity index (χ1) is 15.0. The molecule has 0 radical (unpaired) electrons. The molecule has 9 heteroatoms. The summed E-state index contributed by atoms with van der Waals surface area (Å²) in [6, 6.07) is 13.8. The van der Waals surface area contributed by atoms with E-state index < -0.39 is 17.7 Å². The highest BCUT2D eigenvalue weighted by molar-refractivity contribution is 6.01. The molecule has 1 saturated carbocycles. The largest absolute Gasteiger partial charge is 0.481 e. The van der Waals surface area contributed by atoms with Gasteiger partial charge in [0.05, 0.1) is 11.6 Å². The van der Waals surface area contributed by atoms with Gasteiger partial charge in [-0.15, -0.1) is 5.10 Å². The second-order valence-electron chi connectivity index (χ2n) is 7.48. The van der Waals surface area contributed by atoms with Crippen LogP contribution < -0.4 is 10.6 Å². The van der Waals surface area contributed by atoms with Crippen molar-refractivity contribution < 1.29 is 23.5 Å². The average Bonchev–Trinajstić information content (AvgIpc) is 3.24. The number of anilines is 3. The fourth-order valence-electron chi connectivity index (χ4n) is 3.75. The first-order valence-corrected chi connectivity index (χ1v) is 9.99. The Morgan fingerprint density at radius 1 is 1.03 bits per heavy atom.